The van der Waals surface area contributed by atoms with Crippen LogP contribution in [0.3, 0.4) is 0 Å². The summed E-state index contributed by atoms with van der Waals surface area (Å²) < 4.78 is 13.1. The van der Waals surface area contributed by atoms with Gasteiger partial charge in [0.25, 0.3) is 5.91 Å². The summed E-state index contributed by atoms with van der Waals surface area (Å²) in [6.45, 7) is 1.99. The fourth-order valence-electron chi connectivity index (χ4n) is 3.06. The molecular weight excluding hydrogens is 281 g/mol. The second kappa shape index (κ2) is 4.40. The third-order valence-electron chi connectivity index (χ3n) is 4.26. The van der Waals surface area contributed by atoms with Gasteiger partial charge in [-0.05, 0) is 30.7 Å². The van der Waals surface area contributed by atoms with Gasteiger partial charge in [-0.1, -0.05) is 29.8 Å². The lowest BCUT2D eigenvalue weighted by Gasteiger charge is -2.21. The second-order valence-electron chi connectivity index (χ2n) is 5.76. The lowest BCUT2D eigenvalue weighted by molar-refractivity contribution is -0.121. The fraction of sp³-hybridized carbons (Fsp3) is 0.176. The number of amides is 1. The zero-order chi connectivity index (χ0) is 15.3. The number of aryl methyl sites for hydroxylation is 1. The Hall–Kier alpha value is -2.69. The molecule has 1 atom stereocenters. The summed E-state index contributed by atoms with van der Waals surface area (Å²) in [6, 6.07) is 12.0. The number of carbonyl (C=O) groups excluding carboxylic acids is 1. The van der Waals surface area contributed by atoms with Crippen LogP contribution < -0.4 is 10.7 Å². The zero-order valence-electron chi connectivity index (χ0n) is 12.0. The Balaban J connectivity index is 1.73. The Bertz CT molecular complexity index is 813. The first-order valence-corrected chi connectivity index (χ1v) is 7.11. The average Bonchev–Trinajstić information content (AvgIpc) is 3.06. The van der Waals surface area contributed by atoms with Crippen LogP contribution in [0.15, 0.2) is 47.6 Å². The van der Waals surface area contributed by atoms with Crippen LogP contribution in [0.25, 0.3) is 0 Å². The number of carbonyl (C=O) groups is 1. The van der Waals surface area contributed by atoms with Crippen LogP contribution in [-0.2, 0) is 10.3 Å². The second-order valence-corrected chi connectivity index (χ2v) is 5.76. The highest BCUT2D eigenvalue weighted by atomic mass is 19.1. The number of hydrogen-bond acceptors (Lipinski definition) is 3. The first kappa shape index (κ1) is 13.0. The third-order valence-corrected chi connectivity index (χ3v) is 4.26. The number of hydrogen-bond donors (Lipinski definition) is 2. The molecule has 2 aromatic rings. The van der Waals surface area contributed by atoms with Crippen molar-refractivity contribution < 1.29 is 9.18 Å². The fourth-order valence-corrected chi connectivity index (χ4v) is 3.06. The topological polar surface area (TPSA) is 53.5 Å². The molecule has 2 aliphatic heterocycles. The van der Waals surface area contributed by atoms with Gasteiger partial charge in [-0.3, -0.25) is 10.2 Å². The maximum Gasteiger partial charge on any atom is 0.256 e. The molecule has 0 bridgehead atoms. The normalized spacial score (nSPS) is 22.3. The quantitative estimate of drug-likeness (QED) is 0.850. The predicted molar refractivity (Wildman–Crippen MR) is 82.2 cm³/mol. The summed E-state index contributed by atoms with van der Waals surface area (Å²) in [5.41, 5.74) is 6.55. The van der Waals surface area contributed by atoms with Gasteiger partial charge in [-0.25, -0.2) is 4.39 Å². The van der Waals surface area contributed by atoms with Gasteiger partial charge < -0.3 is 5.32 Å². The van der Waals surface area contributed by atoms with Crippen LogP contribution in [0, 0.1) is 12.7 Å². The first-order chi connectivity index (χ1) is 10.6. The number of rotatable bonds is 1. The Morgan fingerprint density at radius 3 is 2.73 bits per heavy atom. The molecule has 0 saturated heterocycles. The molecule has 0 unspecified atom stereocenters. The van der Waals surface area contributed by atoms with Crippen LogP contribution >= 0.6 is 0 Å². The molecule has 1 spiro atoms. The minimum absolute atomic E-state index is 0.103. The molecule has 2 aromatic carbocycles. The molecule has 2 heterocycles. The Morgan fingerprint density at radius 2 is 1.95 bits per heavy atom. The van der Waals surface area contributed by atoms with Gasteiger partial charge in [0.05, 0.1) is 5.71 Å². The number of anilines is 1. The number of benzene rings is 2. The van der Waals surface area contributed by atoms with Crippen molar-refractivity contribution in [3.8, 4) is 0 Å². The Labute approximate surface area is 127 Å². The third kappa shape index (κ3) is 1.75. The lowest BCUT2D eigenvalue weighted by Crippen LogP contribution is -2.42. The van der Waals surface area contributed by atoms with Crippen molar-refractivity contribution in [2.24, 2.45) is 5.10 Å². The highest BCUT2D eigenvalue weighted by molar-refractivity contribution is 6.13. The monoisotopic (exact) mass is 295 g/mol. The van der Waals surface area contributed by atoms with Crippen LogP contribution in [0.5, 0.6) is 0 Å². The molecule has 2 aliphatic rings. The van der Waals surface area contributed by atoms with Crippen molar-refractivity contribution in [1.82, 2.24) is 5.43 Å². The van der Waals surface area contributed by atoms with Crippen LogP contribution in [0.4, 0.5) is 10.1 Å². The SMILES string of the molecule is Cc1ccc2c(c1)[C@]1(CC(c3ccc(F)cc3)=NN1)C(=O)N2. The average molecular weight is 295 g/mol. The summed E-state index contributed by atoms with van der Waals surface area (Å²) in [7, 11) is 0. The van der Waals surface area contributed by atoms with E-state index in [1.807, 2.05) is 25.1 Å². The number of nitrogens with zero attached hydrogens (tertiary/aromatic N) is 1. The van der Waals surface area contributed by atoms with E-state index in [1.165, 1.54) is 12.1 Å². The molecule has 0 radical (unpaired) electrons. The number of hydrazone groups is 1. The zero-order valence-corrected chi connectivity index (χ0v) is 12.0. The number of fused-ring (bicyclic) bond motifs is 2. The van der Waals surface area contributed by atoms with Crippen LogP contribution in [-0.4, -0.2) is 11.6 Å². The standard InChI is InChI=1S/C17H14FN3O/c1-10-2-7-14-13(8-10)17(16(22)19-14)9-15(20-21-17)11-3-5-12(18)6-4-11/h2-8,21H,9H2,1H3,(H,19,22)/t17-/m1/s1. The van der Waals surface area contributed by atoms with Crippen LogP contribution in [0.2, 0.25) is 0 Å². The maximum absolute atomic E-state index is 13.1. The maximum atomic E-state index is 13.1. The van der Waals surface area contributed by atoms with E-state index in [-0.39, 0.29) is 11.7 Å². The molecule has 4 nitrogen and oxygen atoms in total. The molecule has 4 rings (SSSR count). The highest BCUT2D eigenvalue weighted by Crippen LogP contribution is 2.41. The van der Waals surface area contributed by atoms with Crippen molar-refractivity contribution >= 4 is 17.3 Å². The van der Waals surface area contributed by atoms with Gasteiger partial charge >= 0.3 is 0 Å². The summed E-state index contributed by atoms with van der Waals surface area (Å²) >= 11 is 0. The molecular formula is C17H14FN3O. The first-order valence-electron chi connectivity index (χ1n) is 7.11. The van der Waals surface area contributed by atoms with E-state index in [1.54, 1.807) is 12.1 Å². The summed E-state index contributed by atoms with van der Waals surface area (Å²) in [5.74, 6) is -0.390. The van der Waals surface area contributed by atoms with Crippen molar-refractivity contribution in [3.05, 3.63) is 65.0 Å². The molecule has 2 N–H and O–H groups in total. The van der Waals surface area contributed by atoms with Crippen LogP contribution in [0.1, 0.15) is 23.1 Å². The smallest absolute Gasteiger partial charge is 0.256 e. The van der Waals surface area contributed by atoms with Gasteiger partial charge in [0, 0.05) is 17.7 Å². The summed E-state index contributed by atoms with van der Waals surface area (Å²) in [6.07, 6.45) is 0.445. The Kier molecular flexibility index (Phi) is 2.60. The van der Waals surface area contributed by atoms with E-state index < -0.39 is 5.54 Å². The van der Waals surface area contributed by atoms with Crippen molar-refractivity contribution in [2.75, 3.05) is 5.32 Å². The molecule has 0 fully saturated rings. The van der Waals surface area contributed by atoms with E-state index in [0.717, 1.165) is 28.1 Å². The Morgan fingerprint density at radius 1 is 1.18 bits per heavy atom. The van der Waals surface area contributed by atoms with Gasteiger partial charge in [0.15, 0.2) is 5.54 Å². The van der Waals surface area contributed by atoms with Gasteiger partial charge in [0.2, 0.25) is 0 Å². The molecule has 0 saturated carbocycles. The number of halogens is 1. The van der Waals surface area contributed by atoms with Gasteiger partial charge in [0.1, 0.15) is 5.82 Å². The minimum atomic E-state index is -0.856. The lowest BCUT2D eigenvalue weighted by atomic mass is 9.85. The van der Waals surface area contributed by atoms with E-state index in [0.29, 0.717) is 6.42 Å². The highest BCUT2D eigenvalue weighted by Gasteiger charge is 2.50. The molecule has 0 aliphatic carbocycles. The van der Waals surface area contributed by atoms with E-state index >= 15 is 0 Å². The van der Waals surface area contributed by atoms with E-state index in [9.17, 15) is 9.18 Å². The summed E-state index contributed by atoms with van der Waals surface area (Å²) in [4.78, 5) is 12.5. The van der Waals surface area contributed by atoms with E-state index in [4.69, 9.17) is 0 Å². The molecule has 22 heavy (non-hydrogen) atoms. The van der Waals surface area contributed by atoms with Gasteiger partial charge in [-0.15, -0.1) is 0 Å². The molecule has 1 amide bonds. The molecule has 0 aromatic heterocycles. The van der Waals surface area contributed by atoms with Gasteiger partial charge in [-0.2, -0.15) is 5.10 Å². The minimum Gasteiger partial charge on any atom is -0.323 e. The van der Waals surface area contributed by atoms with Crippen molar-refractivity contribution in [3.63, 3.8) is 0 Å². The number of nitrogens with one attached hydrogen (secondary N) is 2. The molecule has 110 valence electrons. The predicted octanol–water partition coefficient (Wildman–Crippen LogP) is 2.68. The van der Waals surface area contributed by atoms with Crippen molar-refractivity contribution in [1.29, 1.82) is 0 Å². The van der Waals surface area contributed by atoms with E-state index in [2.05, 4.69) is 15.8 Å². The van der Waals surface area contributed by atoms with Crippen molar-refractivity contribution in [2.45, 2.75) is 18.9 Å². The summed E-state index contributed by atoms with van der Waals surface area (Å²) in [5, 5.41) is 7.24. The largest absolute Gasteiger partial charge is 0.323 e. The molecule has 5 heteroatoms.